The summed E-state index contributed by atoms with van der Waals surface area (Å²) in [6.07, 6.45) is 9.98. The van der Waals surface area contributed by atoms with Crippen LogP contribution in [0.5, 0.6) is 5.75 Å². The molecule has 0 saturated heterocycles. The molecule has 6 nitrogen and oxygen atoms in total. The van der Waals surface area contributed by atoms with Crippen LogP contribution in [-0.4, -0.2) is 31.3 Å². The predicted molar refractivity (Wildman–Crippen MR) is 111 cm³/mol. The summed E-state index contributed by atoms with van der Waals surface area (Å²) in [4.78, 5) is 11.2. The average molecular weight is 369 g/mol. The van der Waals surface area contributed by atoms with Crippen molar-refractivity contribution in [1.82, 2.24) is 24.7 Å². The lowest BCUT2D eigenvalue weighted by Crippen LogP contribution is -2.25. The number of H-pyrrole nitrogens is 2. The number of para-hydroxylation sites is 1. The molecule has 2 N–H and O–H groups in total. The van der Waals surface area contributed by atoms with Crippen molar-refractivity contribution in [1.29, 1.82) is 0 Å². The first kappa shape index (κ1) is 15.5. The number of nitrogens with one attached hydrogen (secondary N) is 2. The molecule has 1 aliphatic rings. The SMILES string of the molecule is C1=c2[nH]c3cc4c([nH]c5ccccc54)c(OCCn4cncn4)c3c2=CCC1. The van der Waals surface area contributed by atoms with E-state index in [0.29, 0.717) is 13.2 Å². The first-order valence-corrected chi connectivity index (χ1v) is 9.59. The normalized spacial score (nSPS) is 13.6. The zero-order valence-corrected chi connectivity index (χ0v) is 15.3. The Hall–Kier alpha value is -3.54. The van der Waals surface area contributed by atoms with Crippen molar-refractivity contribution >= 4 is 44.9 Å². The number of benzene rings is 2. The van der Waals surface area contributed by atoms with E-state index in [0.717, 1.165) is 40.5 Å². The molecule has 2 aromatic carbocycles. The van der Waals surface area contributed by atoms with Gasteiger partial charge in [0, 0.05) is 26.9 Å². The Kier molecular flexibility index (Phi) is 3.32. The van der Waals surface area contributed by atoms with Crippen LogP contribution >= 0.6 is 0 Å². The minimum Gasteiger partial charge on any atom is -0.489 e. The van der Waals surface area contributed by atoms with Gasteiger partial charge < -0.3 is 14.7 Å². The smallest absolute Gasteiger partial charge is 0.153 e. The molecule has 1 aliphatic carbocycles. The van der Waals surface area contributed by atoms with Gasteiger partial charge in [-0.05, 0) is 25.0 Å². The van der Waals surface area contributed by atoms with Crippen molar-refractivity contribution in [2.24, 2.45) is 0 Å². The van der Waals surface area contributed by atoms with Gasteiger partial charge in [-0.1, -0.05) is 30.4 Å². The molecule has 6 rings (SSSR count). The Morgan fingerprint density at radius 3 is 2.89 bits per heavy atom. The first-order chi connectivity index (χ1) is 13.9. The van der Waals surface area contributed by atoms with Crippen LogP contribution in [0.1, 0.15) is 12.8 Å². The van der Waals surface area contributed by atoms with Gasteiger partial charge in [0.05, 0.1) is 23.0 Å². The fraction of sp³-hybridized carbons (Fsp3) is 0.182. The summed E-state index contributed by atoms with van der Waals surface area (Å²) in [6, 6.07) is 10.6. The maximum absolute atomic E-state index is 6.39. The highest BCUT2D eigenvalue weighted by Gasteiger charge is 2.17. The van der Waals surface area contributed by atoms with Crippen molar-refractivity contribution < 1.29 is 4.74 Å². The van der Waals surface area contributed by atoms with Gasteiger partial charge in [-0.2, -0.15) is 5.10 Å². The second-order valence-electron chi connectivity index (χ2n) is 7.17. The van der Waals surface area contributed by atoms with E-state index < -0.39 is 0 Å². The third kappa shape index (κ3) is 2.27. The Morgan fingerprint density at radius 2 is 1.96 bits per heavy atom. The molecule has 0 radical (unpaired) electrons. The highest BCUT2D eigenvalue weighted by Crippen LogP contribution is 2.36. The molecule has 3 heterocycles. The summed E-state index contributed by atoms with van der Waals surface area (Å²) >= 11 is 0. The van der Waals surface area contributed by atoms with Crippen LogP contribution in [-0.2, 0) is 6.54 Å². The van der Waals surface area contributed by atoms with Gasteiger partial charge in [0.25, 0.3) is 0 Å². The molecule has 6 heteroatoms. The van der Waals surface area contributed by atoms with Crippen LogP contribution in [0.2, 0.25) is 0 Å². The average Bonchev–Trinajstić information content (AvgIpc) is 3.44. The van der Waals surface area contributed by atoms with Gasteiger partial charge in [-0.25, -0.2) is 9.67 Å². The molecular weight excluding hydrogens is 350 g/mol. The summed E-state index contributed by atoms with van der Waals surface area (Å²) in [5, 5.41) is 10.2. The fourth-order valence-electron chi connectivity index (χ4n) is 4.23. The van der Waals surface area contributed by atoms with E-state index >= 15 is 0 Å². The highest BCUT2D eigenvalue weighted by molar-refractivity contribution is 6.15. The molecule has 0 atom stereocenters. The van der Waals surface area contributed by atoms with Crippen LogP contribution in [0.3, 0.4) is 0 Å². The number of hydrogen-bond acceptors (Lipinski definition) is 3. The van der Waals surface area contributed by atoms with Crippen LogP contribution in [0.4, 0.5) is 0 Å². The van der Waals surface area contributed by atoms with Gasteiger partial charge in [0.15, 0.2) is 5.75 Å². The van der Waals surface area contributed by atoms with E-state index in [4.69, 9.17) is 4.74 Å². The molecule has 0 saturated carbocycles. The van der Waals surface area contributed by atoms with Crippen LogP contribution in [0, 0.1) is 0 Å². The summed E-state index contributed by atoms with van der Waals surface area (Å²) < 4.78 is 8.17. The van der Waals surface area contributed by atoms with Crippen molar-refractivity contribution in [2.45, 2.75) is 19.4 Å². The van der Waals surface area contributed by atoms with Gasteiger partial charge in [-0.15, -0.1) is 0 Å². The monoisotopic (exact) mass is 369 g/mol. The van der Waals surface area contributed by atoms with E-state index in [1.807, 2.05) is 0 Å². The van der Waals surface area contributed by atoms with Crippen molar-refractivity contribution in [3.8, 4) is 5.75 Å². The minimum absolute atomic E-state index is 0.524. The summed E-state index contributed by atoms with van der Waals surface area (Å²) in [7, 11) is 0. The van der Waals surface area contributed by atoms with E-state index in [2.05, 4.69) is 62.5 Å². The molecule has 0 spiro atoms. The molecule has 3 aromatic heterocycles. The first-order valence-electron chi connectivity index (χ1n) is 9.59. The second-order valence-corrected chi connectivity index (χ2v) is 7.17. The lowest BCUT2D eigenvalue weighted by atomic mass is 10.1. The number of rotatable bonds is 4. The van der Waals surface area contributed by atoms with E-state index in [1.54, 1.807) is 17.3 Å². The zero-order valence-electron chi connectivity index (χ0n) is 15.3. The number of aromatic nitrogens is 5. The molecule has 0 aliphatic heterocycles. The molecule has 0 unspecified atom stereocenters. The van der Waals surface area contributed by atoms with E-state index in [1.165, 1.54) is 21.3 Å². The van der Waals surface area contributed by atoms with Gasteiger partial charge in [0.1, 0.15) is 19.3 Å². The Bertz CT molecular complexity index is 1440. The minimum atomic E-state index is 0.524. The standard InChI is InChI=1S/C22H19N5O/c1-3-7-17-14(5-1)16-11-19-20(15-6-2-4-8-18(15)25-19)22(21(16)26-17)28-10-9-27-13-23-12-24-27/h1,3,5-8,11-13,25-26H,2,4,9-10H2. The number of aromatic amines is 2. The maximum Gasteiger partial charge on any atom is 0.153 e. The summed E-state index contributed by atoms with van der Waals surface area (Å²) in [5.41, 5.74) is 3.29. The molecular formula is C22H19N5O. The number of nitrogens with zero attached hydrogens (tertiary/aromatic N) is 3. The maximum atomic E-state index is 6.39. The predicted octanol–water partition coefficient (Wildman–Crippen LogP) is 2.83. The number of ether oxygens (including phenoxy) is 1. The van der Waals surface area contributed by atoms with Gasteiger partial charge in [0.2, 0.25) is 0 Å². The van der Waals surface area contributed by atoms with E-state index in [-0.39, 0.29) is 0 Å². The second kappa shape index (κ2) is 5.99. The third-order valence-corrected chi connectivity index (χ3v) is 5.48. The van der Waals surface area contributed by atoms with Crippen molar-refractivity contribution in [2.75, 3.05) is 6.61 Å². The quantitative estimate of drug-likeness (QED) is 0.512. The lowest BCUT2D eigenvalue weighted by Gasteiger charge is -2.10. The van der Waals surface area contributed by atoms with Crippen LogP contribution in [0.15, 0.2) is 43.0 Å². The van der Waals surface area contributed by atoms with Crippen molar-refractivity contribution in [3.63, 3.8) is 0 Å². The number of hydrogen-bond donors (Lipinski definition) is 2. The van der Waals surface area contributed by atoms with E-state index in [9.17, 15) is 0 Å². The van der Waals surface area contributed by atoms with Crippen LogP contribution in [0.25, 0.3) is 44.9 Å². The summed E-state index contributed by atoms with van der Waals surface area (Å²) in [6.45, 7) is 1.18. The van der Waals surface area contributed by atoms with Gasteiger partial charge in [-0.3, -0.25) is 0 Å². The van der Waals surface area contributed by atoms with Gasteiger partial charge >= 0.3 is 0 Å². The molecule has 138 valence electrons. The molecule has 0 amide bonds. The third-order valence-electron chi connectivity index (χ3n) is 5.48. The fourth-order valence-corrected chi connectivity index (χ4v) is 4.23. The highest BCUT2D eigenvalue weighted by atomic mass is 16.5. The molecule has 0 bridgehead atoms. The van der Waals surface area contributed by atoms with Crippen LogP contribution < -0.4 is 15.3 Å². The topological polar surface area (TPSA) is 71.5 Å². The lowest BCUT2D eigenvalue weighted by molar-refractivity contribution is 0.297. The van der Waals surface area contributed by atoms with Crippen molar-refractivity contribution in [3.05, 3.63) is 53.6 Å². The Labute approximate surface area is 160 Å². The Balaban J connectivity index is 1.60. The number of fused-ring (bicyclic) bond motifs is 6. The molecule has 5 aromatic rings. The Morgan fingerprint density at radius 1 is 1.04 bits per heavy atom. The molecule has 28 heavy (non-hydrogen) atoms. The zero-order chi connectivity index (χ0) is 18.5. The largest absolute Gasteiger partial charge is 0.489 e. The molecule has 0 fully saturated rings. The summed E-state index contributed by atoms with van der Waals surface area (Å²) in [5.74, 6) is 0.910.